The highest BCUT2D eigenvalue weighted by Gasteiger charge is 2.66. The van der Waals surface area contributed by atoms with Gasteiger partial charge in [0.1, 0.15) is 0 Å². The van der Waals surface area contributed by atoms with Crippen LogP contribution in [0.4, 0.5) is 5.69 Å². The topological polar surface area (TPSA) is 67.9 Å². The number of Topliss-reactive ketones (excluding diaryl/α,β-unsaturated/α-hetero) is 1. The fourth-order valence-corrected chi connectivity index (χ4v) is 9.60. The number of nitrogens with zero attached hydrogens (tertiary/aromatic N) is 3. The van der Waals surface area contributed by atoms with E-state index in [2.05, 4.69) is 57.8 Å². The summed E-state index contributed by atoms with van der Waals surface area (Å²) < 4.78 is 1.05. The van der Waals surface area contributed by atoms with Crippen molar-refractivity contribution >= 4 is 40.1 Å². The van der Waals surface area contributed by atoms with E-state index in [0.717, 1.165) is 39.6 Å². The summed E-state index contributed by atoms with van der Waals surface area (Å²) in [6.45, 7) is 0. The number of para-hydroxylation sites is 1. The summed E-state index contributed by atoms with van der Waals surface area (Å²) in [7, 11) is 0. The van der Waals surface area contributed by atoms with E-state index in [1.807, 2.05) is 42.5 Å². The van der Waals surface area contributed by atoms with Gasteiger partial charge in [0.25, 0.3) is 0 Å². The Balaban J connectivity index is 1.45. The van der Waals surface area contributed by atoms with Crippen LogP contribution in [0.2, 0.25) is 0 Å². The monoisotopic (exact) mass is 585 g/mol. The van der Waals surface area contributed by atoms with Crippen LogP contribution in [0, 0.1) is 54.8 Å². The predicted octanol–water partition coefficient (Wildman–Crippen LogP) is 6.48. The van der Waals surface area contributed by atoms with Crippen LogP contribution in [0.25, 0.3) is 6.08 Å². The van der Waals surface area contributed by atoms with Gasteiger partial charge in [-0.3, -0.25) is 4.79 Å². The van der Waals surface area contributed by atoms with E-state index in [-0.39, 0.29) is 11.2 Å². The van der Waals surface area contributed by atoms with Crippen LogP contribution in [-0.4, -0.2) is 17.9 Å². The Morgan fingerprint density at radius 1 is 0.944 bits per heavy atom. The minimum atomic E-state index is -1.35. The third-order valence-electron chi connectivity index (χ3n) is 9.95. The standard InChI is InChI=1S/C31H28IN3O/c32-24-6-3-5-23(13-24)27-28(29(36)30-14-19-10-20(15-30)12-21(11-19)16-30)35-25-7-2-1-4-22(25)8-9-26(35)31(27,17-33)18-34/h1-9,13,19-21,26-28H,10-12,14-16H2/t19?,20?,21?,26-,27-,28-,30?/m1/s1. The molecule has 0 aromatic heterocycles. The number of nitriles is 2. The van der Waals surface area contributed by atoms with Gasteiger partial charge in [-0.15, -0.1) is 0 Å². The van der Waals surface area contributed by atoms with E-state index in [1.54, 1.807) is 0 Å². The summed E-state index contributed by atoms with van der Waals surface area (Å²) in [5.41, 5.74) is 1.27. The molecule has 2 aliphatic heterocycles. The molecule has 0 amide bonds. The van der Waals surface area contributed by atoms with Crippen LogP contribution in [0.3, 0.4) is 0 Å². The molecule has 0 radical (unpaired) electrons. The SMILES string of the molecule is N#CC1(C#N)[C@H](c2cccc(I)c2)[C@H](C(=O)C23CC4CC(CC(C4)C2)C3)N2c3ccccc3C=C[C@@H]21. The molecule has 5 heteroatoms. The number of hydrogen-bond acceptors (Lipinski definition) is 4. The number of fused-ring (bicyclic) bond motifs is 3. The molecule has 4 aliphatic carbocycles. The number of benzene rings is 2. The molecule has 0 spiro atoms. The second-order valence-electron chi connectivity index (χ2n) is 11.9. The zero-order chi connectivity index (χ0) is 24.7. The largest absolute Gasteiger partial charge is 0.351 e. The molecule has 4 bridgehead atoms. The Hall–Kier alpha value is -2.64. The van der Waals surface area contributed by atoms with Crippen molar-refractivity contribution in [1.29, 1.82) is 10.5 Å². The van der Waals surface area contributed by atoms with Gasteiger partial charge in [-0.1, -0.05) is 42.5 Å². The first-order chi connectivity index (χ1) is 17.5. The molecule has 2 aromatic carbocycles. The summed E-state index contributed by atoms with van der Waals surface area (Å²) in [4.78, 5) is 17.2. The summed E-state index contributed by atoms with van der Waals surface area (Å²) in [6, 6.07) is 20.2. The quantitative estimate of drug-likeness (QED) is 0.387. The lowest BCUT2D eigenvalue weighted by molar-refractivity contribution is -0.145. The first-order valence-corrected chi connectivity index (χ1v) is 14.2. The molecule has 6 aliphatic rings. The average molecular weight is 585 g/mol. The lowest BCUT2D eigenvalue weighted by Crippen LogP contribution is -2.56. The molecule has 5 fully saturated rings. The highest BCUT2D eigenvalue weighted by atomic mass is 127. The van der Waals surface area contributed by atoms with Crippen molar-refractivity contribution in [3.05, 3.63) is 69.3 Å². The summed E-state index contributed by atoms with van der Waals surface area (Å²) >= 11 is 2.29. The lowest BCUT2D eigenvalue weighted by atomic mass is 9.47. The van der Waals surface area contributed by atoms with E-state index < -0.39 is 23.4 Å². The first kappa shape index (κ1) is 22.5. The van der Waals surface area contributed by atoms with Gasteiger partial charge in [0, 0.05) is 20.6 Å². The zero-order valence-electron chi connectivity index (χ0n) is 20.1. The molecule has 8 rings (SSSR count). The fourth-order valence-electron chi connectivity index (χ4n) is 9.03. The van der Waals surface area contributed by atoms with Gasteiger partial charge < -0.3 is 4.90 Å². The second-order valence-corrected chi connectivity index (χ2v) is 13.1. The van der Waals surface area contributed by atoms with Crippen molar-refractivity contribution in [3.8, 4) is 12.1 Å². The van der Waals surface area contributed by atoms with Crippen molar-refractivity contribution in [3.63, 3.8) is 0 Å². The summed E-state index contributed by atoms with van der Waals surface area (Å²) in [5.74, 6) is 1.73. The predicted molar refractivity (Wildman–Crippen MR) is 147 cm³/mol. The molecule has 3 atom stereocenters. The van der Waals surface area contributed by atoms with E-state index >= 15 is 4.79 Å². The molecular weight excluding hydrogens is 557 g/mol. The third-order valence-corrected chi connectivity index (χ3v) is 10.6. The van der Waals surface area contributed by atoms with Crippen molar-refractivity contribution in [2.24, 2.45) is 28.6 Å². The Labute approximate surface area is 226 Å². The van der Waals surface area contributed by atoms with Gasteiger partial charge >= 0.3 is 0 Å². The number of halogens is 1. The normalized spacial score (nSPS) is 36.6. The summed E-state index contributed by atoms with van der Waals surface area (Å²) in [6.07, 6.45) is 10.8. The molecule has 4 saturated carbocycles. The number of hydrogen-bond donors (Lipinski definition) is 0. The Morgan fingerprint density at radius 2 is 1.61 bits per heavy atom. The van der Waals surface area contributed by atoms with Gasteiger partial charge in [-0.25, -0.2) is 0 Å². The molecule has 36 heavy (non-hydrogen) atoms. The van der Waals surface area contributed by atoms with Crippen LogP contribution < -0.4 is 4.90 Å². The highest BCUT2D eigenvalue weighted by Crippen LogP contribution is 2.63. The zero-order valence-corrected chi connectivity index (χ0v) is 22.3. The second kappa shape index (κ2) is 7.93. The highest BCUT2D eigenvalue weighted by molar-refractivity contribution is 14.1. The van der Waals surface area contributed by atoms with Crippen LogP contribution >= 0.6 is 22.6 Å². The molecule has 180 valence electrons. The van der Waals surface area contributed by atoms with E-state index in [9.17, 15) is 10.5 Å². The number of ketones is 1. The maximum absolute atomic E-state index is 15.1. The third kappa shape index (κ3) is 2.99. The molecule has 1 saturated heterocycles. The van der Waals surface area contributed by atoms with E-state index in [4.69, 9.17) is 0 Å². The molecule has 0 unspecified atom stereocenters. The van der Waals surface area contributed by atoms with Crippen LogP contribution in [0.5, 0.6) is 0 Å². The number of carbonyl (C=O) groups excluding carboxylic acids is 1. The molecular formula is C31H28IN3O. The smallest absolute Gasteiger partial charge is 0.176 e. The molecule has 4 nitrogen and oxygen atoms in total. The van der Waals surface area contributed by atoms with Crippen LogP contribution in [-0.2, 0) is 4.79 Å². The van der Waals surface area contributed by atoms with Gasteiger partial charge in [-0.05, 0) is 108 Å². The molecule has 2 aromatic rings. The first-order valence-electron chi connectivity index (χ1n) is 13.2. The van der Waals surface area contributed by atoms with Crippen molar-refractivity contribution in [2.45, 2.75) is 56.5 Å². The van der Waals surface area contributed by atoms with Gasteiger partial charge in [0.2, 0.25) is 0 Å². The molecule has 0 N–H and O–H groups in total. The Bertz CT molecular complexity index is 1330. The van der Waals surface area contributed by atoms with Crippen LogP contribution in [0.1, 0.15) is 55.6 Å². The van der Waals surface area contributed by atoms with Crippen molar-refractivity contribution in [2.75, 3.05) is 4.90 Å². The Morgan fingerprint density at radius 3 is 2.25 bits per heavy atom. The minimum Gasteiger partial charge on any atom is -0.351 e. The number of anilines is 1. The van der Waals surface area contributed by atoms with Gasteiger partial charge in [-0.2, -0.15) is 10.5 Å². The van der Waals surface area contributed by atoms with Crippen molar-refractivity contribution < 1.29 is 4.79 Å². The maximum Gasteiger partial charge on any atom is 0.176 e. The van der Waals surface area contributed by atoms with E-state index in [1.165, 1.54) is 19.3 Å². The van der Waals surface area contributed by atoms with Gasteiger partial charge in [0.15, 0.2) is 11.2 Å². The van der Waals surface area contributed by atoms with Gasteiger partial charge in [0.05, 0.1) is 24.2 Å². The number of carbonyl (C=O) groups is 1. The maximum atomic E-state index is 15.1. The Kier molecular flexibility index (Phi) is 4.97. The fraction of sp³-hybridized carbons (Fsp3) is 0.452. The van der Waals surface area contributed by atoms with Crippen LogP contribution in [0.15, 0.2) is 54.6 Å². The van der Waals surface area contributed by atoms with Crippen molar-refractivity contribution in [1.82, 2.24) is 0 Å². The minimum absolute atomic E-state index is 0.285. The average Bonchev–Trinajstić information content (AvgIpc) is 3.18. The lowest BCUT2D eigenvalue weighted by Gasteiger charge is -2.57. The number of rotatable bonds is 3. The summed E-state index contributed by atoms with van der Waals surface area (Å²) in [5, 5.41) is 21.4. The van der Waals surface area contributed by atoms with E-state index in [0.29, 0.717) is 17.8 Å². The molecule has 2 heterocycles.